The van der Waals surface area contributed by atoms with E-state index in [1.54, 1.807) is 6.92 Å². The molecule has 0 aromatic carbocycles. The van der Waals surface area contributed by atoms with Gasteiger partial charge in [0.15, 0.2) is 12.0 Å². The van der Waals surface area contributed by atoms with Crippen molar-refractivity contribution in [1.29, 1.82) is 0 Å². The van der Waals surface area contributed by atoms with Crippen LogP contribution in [0, 0.1) is 0 Å². The van der Waals surface area contributed by atoms with Crippen molar-refractivity contribution in [3.8, 4) is 0 Å². The van der Waals surface area contributed by atoms with E-state index in [-0.39, 0.29) is 12.2 Å². The molecule has 1 aromatic rings. The Morgan fingerprint density at radius 3 is 2.68 bits per heavy atom. The number of Topliss-reactive ketones (excluding diaryl/α,β-unsaturated/α-hetero) is 1. The smallest absolute Gasteiger partial charge is 0.288 e. The number of carbonyl (C=O) groups excluding carboxylic acids is 2. The Morgan fingerprint density at radius 1 is 1.45 bits per heavy atom. The molecular weight excluding hydrogens is 296 g/mol. The Kier molecular flexibility index (Phi) is 4.86. The summed E-state index contributed by atoms with van der Waals surface area (Å²) in [4.78, 5) is 26.3. The van der Waals surface area contributed by atoms with Crippen LogP contribution >= 0.6 is 0 Å². The molecular formula is C12H18N4O6. The summed E-state index contributed by atoms with van der Waals surface area (Å²) in [6, 6.07) is 0. The van der Waals surface area contributed by atoms with Crippen LogP contribution in [0.2, 0.25) is 0 Å². The van der Waals surface area contributed by atoms with Crippen LogP contribution in [0.25, 0.3) is 0 Å². The van der Waals surface area contributed by atoms with Crippen molar-refractivity contribution in [2.75, 3.05) is 0 Å². The fourth-order valence-electron chi connectivity index (χ4n) is 2.25. The van der Waals surface area contributed by atoms with E-state index in [9.17, 15) is 24.9 Å². The minimum Gasteiger partial charge on any atom is -0.387 e. The highest BCUT2D eigenvalue weighted by atomic mass is 16.6. The second-order valence-electron chi connectivity index (χ2n) is 5.05. The number of nitrogens with two attached hydrogens (primary N) is 1. The van der Waals surface area contributed by atoms with Gasteiger partial charge in [-0.05, 0) is 6.42 Å². The monoisotopic (exact) mass is 314 g/mol. The Hall–Kier alpha value is -1.88. The summed E-state index contributed by atoms with van der Waals surface area (Å²) < 4.78 is 6.34. The van der Waals surface area contributed by atoms with Gasteiger partial charge in [0.1, 0.15) is 30.7 Å². The van der Waals surface area contributed by atoms with Crippen LogP contribution in [0.5, 0.6) is 0 Å². The van der Waals surface area contributed by atoms with Gasteiger partial charge in [-0.1, -0.05) is 6.92 Å². The molecule has 1 aromatic heterocycles. The molecule has 0 saturated carbocycles. The van der Waals surface area contributed by atoms with Gasteiger partial charge in [0.2, 0.25) is 5.82 Å². The normalized spacial score (nSPS) is 29.5. The summed E-state index contributed by atoms with van der Waals surface area (Å²) in [7, 11) is 0. The Labute approximate surface area is 125 Å². The van der Waals surface area contributed by atoms with Crippen LogP contribution in [0.3, 0.4) is 0 Å². The number of hydrogen-bond donors (Lipinski definition) is 4. The number of carbonyl (C=O) groups is 2. The Morgan fingerprint density at radius 2 is 2.14 bits per heavy atom. The molecule has 2 heterocycles. The molecule has 2 rings (SSSR count). The molecule has 122 valence electrons. The van der Waals surface area contributed by atoms with Gasteiger partial charge >= 0.3 is 0 Å². The lowest BCUT2D eigenvalue weighted by Crippen LogP contribution is -2.42. The zero-order chi connectivity index (χ0) is 16.4. The quantitative estimate of drug-likeness (QED) is 0.457. The van der Waals surface area contributed by atoms with Crippen molar-refractivity contribution >= 4 is 11.7 Å². The molecule has 1 saturated heterocycles. The van der Waals surface area contributed by atoms with E-state index < -0.39 is 42.3 Å². The number of primary amides is 1. The largest absolute Gasteiger partial charge is 0.387 e. The topological polar surface area (TPSA) is 161 Å². The van der Waals surface area contributed by atoms with Crippen molar-refractivity contribution in [1.82, 2.24) is 14.8 Å². The molecule has 0 spiro atoms. The highest BCUT2D eigenvalue weighted by molar-refractivity contribution is 5.88. The molecule has 10 nitrogen and oxygen atoms in total. The number of rotatable bonds is 6. The third-order valence-electron chi connectivity index (χ3n) is 3.40. The molecule has 0 radical (unpaired) electrons. The van der Waals surface area contributed by atoms with Crippen molar-refractivity contribution in [3.05, 3.63) is 12.2 Å². The summed E-state index contributed by atoms with van der Waals surface area (Å²) in [5.74, 6) is -1.63. The number of amides is 1. The molecule has 0 aliphatic carbocycles. The maximum atomic E-state index is 11.7. The lowest BCUT2D eigenvalue weighted by Gasteiger charge is -2.19. The van der Waals surface area contributed by atoms with E-state index >= 15 is 0 Å². The minimum absolute atomic E-state index is 0.129. The summed E-state index contributed by atoms with van der Waals surface area (Å²) >= 11 is 0. The lowest BCUT2D eigenvalue weighted by molar-refractivity contribution is -0.141. The standard InChI is InChI=1S/C12H18N4O6/c1-2-3-5(17)6(18)9-7(19)8(20)12(22-9)16-4-14-11(15-16)10(13)21/h4,6-9,12,18-20H,2-3H2,1H3,(H2,13,21)/t6?,7-,8+,9+,12+/m0/s1. The average molecular weight is 314 g/mol. The second kappa shape index (κ2) is 6.48. The van der Waals surface area contributed by atoms with Gasteiger partial charge in [-0.15, -0.1) is 5.10 Å². The fourth-order valence-corrected chi connectivity index (χ4v) is 2.25. The Balaban J connectivity index is 2.15. The predicted octanol–water partition coefficient (Wildman–Crippen LogP) is -2.27. The molecule has 5 N–H and O–H groups in total. The number of aliphatic hydroxyl groups excluding tert-OH is 3. The summed E-state index contributed by atoms with van der Waals surface area (Å²) in [5, 5.41) is 33.6. The first-order valence-corrected chi connectivity index (χ1v) is 6.80. The SMILES string of the molecule is CCCC(=O)C(O)[C@H]1O[C@@H](n2cnc(C(N)=O)n2)[C@H](O)[C@@H]1O. The molecule has 10 heteroatoms. The fraction of sp³-hybridized carbons (Fsp3) is 0.667. The van der Waals surface area contributed by atoms with Gasteiger partial charge in [-0.25, -0.2) is 9.67 Å². The third-order valence-corrected chi connectivity index (χ3v) is 3.40. The molecule has 1 unspecified atom stereocenters. The van der Waals surface area contributed by atoms with E-state index in [2.05, 4.69) is 10.1 Å². The second-order valence-corrected chi connectivity index (χ2v) is 5.05. The summed E-state index contributed by atoms with van der Waals surface area (Å²) in [5.41, 5.74) is 5.02. The predicted molar refractivity (Wildman–Crippen MR) is 70.4 cm³/mol. The van der Waals surface area contributed by atoms with Crippen LogP contribution < -0.4 is 5.73 Å². The van der Waals surface area contributed by atoms with Crippen LogP contribution in [0.4, 0.5) is 0 Å². The van der Waals surface area contributed by atoms with E-state index in [0.29, 0.717) is 6.42 Å². The van der Waals surface area contributed by atoms with Crippen molar-refractivity contribution < 1.29 is 29.6 Å². The van der Waals surface area contributed by atoms with Gasteiger partial charge < -0.3 is 25.8 Å². The number of aromatic nitrogens is 3. The molecule has 1 aliphatic heterocycles. The number of aliphatic hydroxyl groups is 3. The van der Waals surface area contributed by atoms with Gasteiger partial charge in [-0.2, -0.15) is 0 Å². The highest BCUT2D eigenvalue weighted by Crippen LogP contribution is 2.31. The zero-order valence-corrected chi connectivity index (χ0v) is 11.9. The Bertz CT molecular complexity index is 562. The number of ketones is 1. The minimum atomic E-state index is -1.56. The first kappa shape index (κ1) is 16.5. The zero-order valence-electron chi connectivity index (χ0n) is 11.9. The van der Waals surface area contributed by atoms with E-state index in [1.807, 2.05) is 0 Å². The number of ether oxygens (including phenoxy) is 1. The number of hydrogen-bond acceptors (Lipinski definition) is 8. The van der Waals surface area contributed by atoms with Gasteiger partial charge in [0, 0.05) is 6.42 Å². The molecule has 1 amide bonds. The van der Waals surface area contributed by atoms with Crippen LogP contribution in [0.1, 0.15) is 36.6 Å². The van der Waals surface area contributed by atoms with Crippen molar-refractivity contribution in [3.63, 3.8) is 0 Å². The molecule has 22 heavy (non-hydrogen) atoms. The molecule has 1 aliphatic rings. The van der Waals surface area contributed by atoms with Crippen molar-refractivity contribution in [2.24, 2.45) is 5.73 Å². The van der Waals surface area contributed by atoms with E-state index in [0.717, 1.165) is 11.0 Å². The first-order chi connectivity index (χ1) is 10.4. The highest BCUT2D eigenvalue weighted by Gasteiger charge is 2.48. The first-order valence-electron chi connectivity index (χ1n) is 6.80. The third kappa shape index (κ3) is 2.99. The maximum Gasteiger partial charge on any atom is 0.288 e. The summed E-state index contributed by atoms with van der Waals surface area (Å²) in [6.07, 6.45) is -5.21. The summed E-state index contributed by atoms with van der Waals surface area (Å²) in [6.45, 7) is 1.77. The van der Waals surface area contributed by atoms with Crippen LogP contribution in [-0.2, 0) is 9.53 Å². The number of nitrogens with zero attached hydrogens (tertiary/aromatic N) is 3. The van der Waals surface area contributed by atoms with Gasteiger partial charge in [0.25, 0.3) is 5.91 Å². The molecule has 5 atom stereocenters. The molecule has 0 bridgehead atoms. The molecule has 1 fully saturated rings. The van der Waals surface area contributed by atoms with E-state index in [4.69, 9.17) is 10.5 Å². The van der Waals surface area contributed by atoms with E-state index in [1.165, 1.54) is 0 Å². The van der Waals surface area contributed by atoms with Crippen LogP contribution in [0.15, 0.2) is 6.33 Å². The maximum absolute atomic E-state index is 11.7. The van der Waals surface area contributed by atoms with Gasteiger partial charge in [0.05, 0.1) is 0 Å². The van der Waals surface area contributed by atoms with Gasteiger partial charge in [-0.3, -0.25) is 9.59 Å². The van der Waals surface area contributed by atoms with Crippen LogP contribution in [-0.4, -0.2) is 66.2 Å². The van der Waals surface area contributed by atoms with Crippen molar-refractivity contribution in [2.45, 2.75) is 50.4 Å². The lowest BCUT2D eigenvalue weighted by atomic mass is 10.0. The average Bonchev–Trinajstić information content (AvgIpc) is 3.06.